The molecule has 0 aliphatic carbocycles. The maximum Gasteiger partial charge on any atom is 0.234 e. The van der Waals surface area contributed by atoms with Crippen molar-refractivity contribution in [1.29, 1.82) is 0 Å². The summed E-state index contributed by atoms with van der Waals surface area (Å²) in [6, 6.07) is 6.78. The molecule has 0 atom stereocenters. The lowest BCUT2D eigenvalue weighted by molar-refractivity contribution is -0.113. The molecule has 0 unspecified atom stereocenters. The standard InChI is InChI=1S/C18H19F2NO3S/c1-11-6-16(23-2)17(24-3)7-12(11)9-25-10-18(22)21-15-5-4-13(19)8-14(15)20/h4-8H,9-10H2,1-3H3,(H,21,22). The second-order valence-corrected chi connectivity index (χ2v) is 6.28. The van der Waals surface area contributed by atoms with Crippen LogP contribution in [-0.4, -0.2) is 25.9 Å². The van der Waals surface area contributed by atoms with Gasteiger partial charge in [-0.1, -0.05) is 0 Å². The molecule has 134 valence electrons. The molecular weight excluding hydrogens is 348 g/mol. The van der Waals surface area contributed by atoms with E-state index in [9.17, 15) is 13.6 Å². The lowest BCUT2D eigenvalue weighted by Gasteiger charge is -2.12. The average Bonchev–Trinajstić information content (AvgIpc) is 2.58. The van der Waals surface area contributed by atoms with Crippen LogP contribution in [0.5, 0.6) is 11.5 Å². The Bertz CT molecular complexity index is 768. The van der Waals surface area contributed by atoms with Crippen LogP contribution in [0, 0.1) is 18.6 Å². The van der Waals surface area contributed by atoms with Gasteiger partial charge in [-0.2, -0.15) is 0 Å². The molecule has 2 aromatic rings. The first kappa shape index (κ1) is 19.1. The Morgan fingerprint density at radius 2 is 1.80 bits per heavy atom. The molecule has 0 saturated heterocycles. The number of rotatable bonds is 7. The molecule has 2 aromatic carbocycles. The number of aryl methyl sites for hydroxylation is 1. The van der Waals surface area contributed by atoms with Crippen LogP contribution < -0.4 is 14.8 Å². The van der Waals surface area contributed by atoms with Crippen molar-refractivity contribution < 1.29 is 23.0 Å². The Morgan fingerprint density at radius 1 is 1.12 bits per heavy atom. The lowest BCUT2D eigenvalue weighted by atomic mass is 10.1. The molecule has 4 nitrogen and oxygen atoms in total. The van der Waals surface area contributed by atoms with Gasteiger partial charge < -0.3 is 14.8 Å². The smallest absolute Gasteiger partial charge is 0.234 e. The number of carbonyl (C=O) groups excluding carboxylic acids is 1. The molecule has 0 aliphatic heterocycles. The highest BCUT2D eigenvalue weighted by Crippen LogP contribution is 2.31. The van der Waals surface area contributed by atoms with E-state index in [1.165, 1.54) is 17.8 Å². The van der Waals surface area contributed by atoms with Crippen LogP contribution in [0.3, 0.4) is 0 Å². The summed E-state index contributed by atoms with van der Waals surface area (Å²) >= 11 is 1.38. The summed E-state index contributed by atoms with van der Waals surface area (Å²) in [6.45, 7) is 1.95. The Balaban J connectivity index is 1.93. The zero-order valence-corrected chi connectivity index (χ0v) is 15.0. The highest BCUT2D eigenvalue weighted by atomic mass is 32.2. The largest absolute Gasteiger partial charge is 0.493 e. The summed E-state index contributed by atoms with van der Waals surface area (Å²) in [5.41, 5.74) is 2.01. The average molecular weight is 367 g/mol. The number of hydrogen-bond donors (Lipinski definition) is 1. The van der Waals surface area contributed by atoms with Crippen LogP contribution in [0.25, 0.3) is 0 Å². The SMILES string of the molecule is COc1cc(C)c(CSCC(=O)Nc2ccc(F)cc2F)cc1OC. The van der Waals surface area contributed by atoms with Crippen molar-refractivity contribution in [3.8, 4) is 11.5 Å². The third kappa shape index (κ3) is 5.09. The lowest BCUT2D eigenvalue weighted by Crippen LogP contribution is -2.15. The number of thioether (sulfide) groups is 1. The van der Waals surface area contributed by atoms with Crippen molar-refractivity contribution in [2.45, 2.75) is 12.7 Å². The Kier molecular flexibility index (Phi) is 6.64. The van der Waals surface area contributed by atoms with E-state index in [2.05, 4.69) is 5.32 Å². The third-order valence-corrected chi connectivity index (χ3v) is 4.52. The molecule has 7 heteroatoms. The van der Waals surface area contributed by atoms with Gasteiger partial charge in [-0.15, -0.1) is 11.8 Å². The Labute approximate surface area is 149 Å². The topological polar surface area (TPSA) is 47.6 Å². The van der Waals surface area contributed by atoms with Gasteiger partial charge in [0, 0.05) is 11.8 Å². The molecule has 25 heavy (non-hydrogen) atoms. The maximum absolute atomic E-state index is 13.5. The quantitative estimate of drug-likeness (QED) is 0.798. The fourth-order valence-electron chi connectivity index (χ4n) is 2.21. The van der Waals surface area contributed by atoms with Crippen LogP contribution in [0.15, 0.2) is 30.3 Å². The number of hydrogen-bond acceptors (Lipinski definition) is 4. The number of halogens is 2. The van der Waals surface area contributed by atoms with E-state index < -0.39 is 11.6 Å². The number of nitrogens with one attached hydrogen (secondary N) is 1. The Hall–Kier alpha value is -2.28. The summed E-state index contributed by atoms with van der Waals surface area (Å²) < 4.78 is 36.9. The fourth-order valence-corrected chi connectivity index (χ4v) is 3.10. The van der Waals surface area contributed by atoms with Crippen molar-refractivity contribution in [2.75, 3.05) is 25.3 Å². The maximum atomic E-state index is 13.5. The fraction of sp³-hybridized carbons (Fsp3) is 0.278. The minimum absolute atomic E-state index is 0.0331. The van der Waals surface area contributed by atoms with Gasteiger partial charge in [0.1, 0.15) is 11.6 Å². The van der Waals surface area contributed by atoms with Crippen molar-refractivity contribution in [2.24, 2.45) is 0 Å². The first-order chi connectivity index (χ1) is 11.9. The van der Waals surface area contributed by atoms with Crippen LogP contribution in [0.2, 0.25) is 0 Å². The molecule has 0 radical (unpaired) electrons. The van der Waals surface area contributed by atoms with E-state index in [0.717, 1.165) is 23.3 Å². The van der Waals surface area contributed by atoms with Gasteiger partial charge in [-0.25, -0.2) is 8.78 Å². The predicted molar refractivity (Wildman–Crippen MR) is 95.4 cm³/mol. The molecule has 0 heterocycles. The summed E-state index contributed by atoms with van der Waals surface area (Å²) in [7, 11) is 3.14. The zero-order chi connectivity index (χ0) is 18.4. The Morgan fingerprint density at radius 3 is 2.44 bits per heavy atom. The highest BCUT2D eigenvalue weighted by Gasteiger charge is 2.11. The summed E-state index contributed by atoms with van der Waals surface area (Å²) in [4.78, 5) is 11.9. The number of methoxy groups -OCH3 is 2. The minimum atomic E-state index is -0.797. The van der Waals surface area contributed by atoms with Crippen molar-refractivity contribution in [1.82, 2.24) is 0 Å². The van der Waals surface area contributed by atoms with Gasteiger partial charge in [0.25, 0.3) is 0 Å². The molecule has 0 aromatic heterocycles. The highest BCUT2D eigenvalue weighted by molar-refractivity contribution is 7.99. The van der Waals surface area contributed by atoms with Crippen molar-refractivity contribution in [3.63, 3.8) is 0 Å². The first-order valence-corrected chi connectivity index (χ1v) is 8.64. The van der Waals surface area contributed by atoms with Gasteiger partial charge >= 0.3 is 0 Å². The van der Waals surface area contributed by atoms with Crippen LogP contribution in [0.4, 0.5) is 14.5 Å². The number of benzene rings is 2. The second kappa shape index (κ2) is 8.71. The van der Waals surface area contributed by atoms with Crippen molar-refractivity contribution in [3.05, 3.63) is 53.1 Å². The van der Waals surface area contributed by atoms with E-state index >= 15 is 0 Å². The van der Waals surface area contributed by atoms with Gasteiger partial charge in [0.05, 0.1) is 25.7 Å². The molecule has 0 saturated carbocycles. The van der Waals surface area contributed by atoms with E-state index in [-0.39, 0.29) is 17.3 Å². The molecule has 2 rings (SSSR count). The number of ether oxygens (including phenoxy) is 2. The molecule has 0 spiro atoms. The molecule has 0 aliphatic rings. The van der Waals surface area contributed by atoms with Gasteiger partial charge in [0.2, 0.25) is 5.91 Å². The van der Waals surface area contributed by atoms with E-state index in [0.29, 0.717) is 17.3 Å². The van der Waals surface area contributed by atoms with Gasteiger partial charge in [0.15, 0.2) is 11.5 Å². The summed E-state index contributed by atoms with van der Waals surface area (Å²) in [6.07, 6.45) is 0. The summed E-state index contributed by atoms with van der Waals surface area (Å²) in [5, 5.41) is 2.43. The number of carbonyl (C=O) groups is 1. The summed E-state index contributed by atoms with van der Waals surface area (Å²) in [5.74, 6) is 0.173. The predicted octanol–water partition coefficient (Wildman–Crippen LogP) is 4.16. The van der Waals surface area contributed by atoms with E-state index in [4.69, 9.17) is 9.47 Å². The van der Waals surface area contributed by atoms with Crippen LogP contribution >= 0.6 is 11.8 Å². The van der Waals surface area contributed by atoms with Crippen LogP contribution in [-0.2, 0) is 10.5 Å². The molecule has 1 N–H and O–H groups in total. The minimum Gasteiger partial charge on any atom is -0.493 e. The van der Waals surface area contributed by atoms with E-state index in [1.807, 2.05) is 19.1 Å². The van der Waals surface area contributed by atoms with E-state index in [1.54, 1.807) is 14.2 Å². The van der Waals surface area contributed by atoms with Gasteiger partial charge in [-0.05, 0) is 42.3 Å². The normalized spacial score (nSPS) is 10.4. The monoisotopic (exact) mass is 367 g/mol. The van der Waals surface area contributed by atoms with Crippen LogP contribution in [0.1, 0.15) is 11.1 Å². The molecule has 1 amide bonds. The third-order valence-electron chi connectivity index (χ3n) is 3.54. The molecule has 0 bridgehead atoms. The second-order valence-electron chi connectivity index (χ2n) is 5.30. The molecule has 0 fully saturated rings. The molecular formula is C18H19F2NO3S. The zero-order valence-electron chi connectivity index (χ0n) is 14.2. The number of amides is 1. The van der Waals surface area contributed by atoms with Gasteiger partial charge in [-0.3, -0.25) is 4.79 Å². The first-order valence-electron chi connectivity index (χ1n) is 7.48. The number of anilines is 1. The van der Waals surface area contributed by atoms with Crippen molar-refractivity contribution >= 4 is 23.4 Å².